The molecule has 3 heteroatoms. The third-order valence-corrected chi connectivity index (χ3v) is 2.11. The second-order valence-corrected chi connectivity index (χ2v) is 4.12. The maximum atomic E-state index is 11.4. The number of hydrogen-bond acceptors (Lipinski definition) is 2. The molecule has 3 N–H and O–H groups in total. The first-order valence-corrected chi connectivity index (χ1v) is 3.74. The van der Waals surface area contributed by atoms with Crippen molar-refractivity contribution >= 4 is 0 Å². The summed E-state index contributed by atoms with van der Waals surface area (Å²) in [6.07, 6.45) is 0. The van der Waals surface area contributed by atoms with E-state index in [2.05, 4.69) is 5.32 Å². The van der Waals surface area contributed by atoms with Crippen LogP contribution in [0.2, 0.25) is 0 Å². The topological polar surface area (TPSA) is 58.0 Å². The molecule has 1 aliphatic rings. The number of rotatable bonds is 0. The van der Waals surface area contributed by atoms with Gasteiger partial charge in [0.2, 0.25) is 0 Å². The van der Waals surface area contributed by atoms with Crippen LogP contribution in [0.3, 0.4) is 0 Å². The maximum absolute atomic E-state index is 11.4. The summed E-state index contributed by atoms with van der Waals surface area (Å²) in [6, 6.07) is 0. The number of nitrogens with two attached hydrogens (primary N) is 1. The van der Waals surface area contributed by atoms with Crippen LogP contribution in [-0.2, 0) is 5.11 Å². The van der Waals surface area contributed by atoms with Gasteiger partial charge >= 0.3 is 0 Å². The summed E-state index contributed by atoms with van der Waals surface area (Å²) >= 11 is 0. The van der Waals surface area contributed by atoms with Crippen LogP contribution in [-0.4, -0.2) is 11.1 Å². The van der Waals surface area contributed by atoms with E-state index < -0.39 is 5.54 Å². The maximum Gasteiger partial charge on any atom is 0.195 e. The van der Waals surface area contributed by atoms with Crippen molar-refractivity contribution < 1.29 is 5.11 Å². The van der Waals surface area contributed by atoms with Crippen molar-refractivity contribution in [2.24, 2.45) is 5.73 Å². The van der Waals surface area contributed by atoms with Gasteiger partial charge < -0.3 is 5.73 Å². The van der Waals surface area contributed by atoms with Crippen LogP contribution >= 0.6 is 0 Å². The first-order chi connectivity index (χ1) is 4.77. The Morgan fingerprint density at radius 1 is 1.18 bits per heavy atom. The van der Waals surface area contributed by atoms with Crippen LogP contribution in [0.25, 0.3) is 0 Å². The lowest BCUT2D eigenvalue weighted by Gasteiger charge is -2.25. The second-order valence-electron chi connectivity index (χ2n) is 4.12. The van der Waals surface area contributed by atoms with Crippen molar-refractivity contribution in [2.75, 3.05) is 0 Å². The predicted octanol–water partition coefficient (Wildman–Crippen LogP) is 0.748. The molecule has 0 fully saturated rings. The van der Waals surface area contributed by atoms with E-state index in [4.69, 9.17) is 5.73 Å². The standard InChI is InChI=1S/C8H15N2O/c1-7(2)5(9)6(11)8(3,4)10-7/h10H,9H2,1-4H3. The highest BCUT2D eigenvalue weighted by molar-refractivity contribution is 5.31. The molecule has 0 unspecified atom stereocenters. The molecule has 1 aliphatic heterocycles. The van der Waals surface area contributed by atoms with Crippen molar-refractivity contribution in [3.63, 3.8) is 0 Å². The molecule has 0 aromatic carbocycles. The van der Waals surface area contributed by atoms with Gasteiger partial charge in [0.1, 0.15) is 0 Å². The van der Waals surface area contributed by atoms with E-state index in [1.807, 2.05) is 27.7 Å². The molecular formula is C8H15N2O. The van der Waals surface area contributed by atoms with E-state index in [9.17, 15) is 5.11 Å². The zero-order chi connectivity index (χ0) is 8.86. The average Bonchev–Trinajstić information content (AvgIpc) is 1.91. The van der Waals surface area contributed by atoms with Gasteiger partial charge in [-0.3, -0.25) is 10.4 Å². The summed E-state index contributed by atoms with van der Waals surface area (Å²) in [7, 11) is 0. The van der Waals surface area contributed by atoms with E-state index in [-0.39, 0.29) is 11.3 Å². The fraction of sp³-hybridized carbons (Fsp3) is 0.750. The Balaban J connectivity index is 3.09. The van der Waals surface area contributed by atoms with Gasteiger partial charge in [-0.15, -0.1) is 0 Å². The van der Waals surface area contributed by atoms with Crippen LogP contribution in [0.15, 0.2) is 11.5 Å². The Morgan fingerprint density at radius 2 is 1.64 bits per heavy atom. The fourth-order valence-corrected chi connectivity index (χ4v) is 1.53. The van der Waals surface area contributed by atoms with Crippen molar-refractivity contribution in [3.8, 4) is 0 Å². The molecule has 0 aromatic heterocycles. The van der Waals surface area contributed by atoms with Crippen molar-refractivity contribution in [2.45, 2.75) is 38.8 Å². The first-order valence-electron chi connectivity index (χ1n) is 3.74. The zero-order valence-corrected chi connectivity index (χ0v) is 7.49. The molecule has 0 spiro atoms. The highest BCUT2D eigenvalue weighted by Crippen LogP contribution is 2.31. The molecule has 0 atom stereocenters. The van der Waals surface area contributed by atoms with Gasteiger partial charge in [0.05, 0.1) is 16.8 Å². The molecule has 0 amide bonds. The minimum atomic E-state index is -0.492. The molecule has 63 valence electrons. The number of nitrogens with one attached hydrogen (secondary N) is 1. The lowest BCUT2D eigenvalue weighted by atomic mass is 10.0. The summed E-state index contributed by atoms with van der Waals surface area (Å²) in [5, 5.41) is 14.6. The lowest BCUT2D eigenvalue weighted by Crippen LogP contribution is -2.47. The SMILES string of the molecule is CC1(C)NC(C)(C)C([O])=C1N. The Hall–Kier alpha value is -0.700. The molecule has 1 radical (unpaired) electrons. The Morgan fingerprint density at radius 3 is 1.73 bits per heavy atom. The average molecular weight is 155 g/mol. The van der Waals surface area contributed by atoms with Gasteiger partial charge in [0.25, 0.3) is 0 Å². The van der Waals surface area contributed by atoms with Gasteiger partial charge in [-0.2, -0.15) is 0 Å². The molecule has 3 nitrogen and oxygen atoms in total. The third-order valence-electron chi connectivity index (χ3n) is 2.11. The lowest BCUT2D eigenvalue weighted by molar-refractivity contribution is 0.221. The Labute approximate surface area is 67.3 Å². The molecule has 0 bridgehead atoms. The van der Waals surface area contributed by atoms with E-state index in [1.54, 1.807) is 0 Å². The molecular weight excluding hydrogens is 140 g/mol. The summed E-state index contributed by atoms with van der Waals surface area (Å²) < 4.78 is 0. The third kappa shape index (κ3) is 1.09. The zero-order valence-electron chi connectivity index (χ0n) is 7.49. The summed E-state index contributed by atoms with van der Waals surface area (Å²) in [4.78, 5) is 0. The van der Waals surface area contributed by atoms with Crippen molar-refractivity contribution in [3.05, 3.63) is 11.5 Å². The molecule has 0 saturated heterocycles. The van der Waals surface area contributed by atoms with E-state index in [0.29, 0.717) is 5.70 Å². The minimum absolute atomic E-state index is 0.0162. The minimum Gasteiger partial charge on any atom is -0.398 e. The molecule has 0 aromatic rings. The monoisotopic (exact) mass is 155 g/mol. The summed E-state index contributed by atoms with van der Waals surface area (Å²) in [5.74, 6) is 0.0162. The number of hydrogen-bond donors (Lipinski definition) is 2. The van der Waals surface area contributed by atoms with Crippen LogP contribution in [0, 0.1) is 0 Å². The second kappa shape index (κ2) is 1.91. The molecule has 11 heavy (non-hydrogen) atoms. The first kappa shape index (κ1) is 8.40. The van der Waals surface area contributed by atoms with Crippen LogP contribution in [0.1, 0.15) is 27.7 Å². The Bertz CT molecular complexity index is 194. The van der Waals surface area contributed by atoms with E-state index in [1.165, 1.54) is 0 Å². The normalized spacial score (nSPS) is 27.6. The van der Waals surface area contributed by atoms with Crippen LogP contribution < -0.4 is 11.1 Å². The van der Waals surface area contributed by atoms with Gasteiger partial charge in [-0.25, -0.2) is 0 Å². The quantitative estimate of drug-likeness (QED) is 0.542. The molecule has 0 saturated carbocycles. The van der Waals surface area contributed by atoms with Crippen LogP contribution in [0.5, 0.6) is 0 Å². The summed E-state index contributed by atoms with van der Waals surface area (Å²) in [6.45, 7) is 7.51. The summed E-state index contributed by atoms with van der Waals surface area (Å²) in [5.41, 5.74) is 5.23. The predicted molar refractivity (Wildman–Crippen MR) is 43.2 cm³/mol. The smallest absolute Gasteiger partial charge is 0.195 e. The molecule has 1 heterocycles. The van der Waals surface area contributed by atoms with Crippen LogP contribution in [0.4, 0.5) is 0 Å². The van der Waals surface area contributed by atoms with E-state index >= 15 is 0 Å². The van der Waals surface area contributed by atoms with Crippen molar-refractivity contribution in [1.82, 2.24) is 5.32 Å². The van der Waals surface area contributed by atoms with Gasteiger partial charge in [0.15, 0.2) is 5.76 Å². The van der Waals surface area contributed by atoms with Gasteiger partial charge in [-0.1, -0.05) is 0 Å². The van der Waals surface area contributed by atoms with Gasteiger partial charge in [0, 0.05) is 0 Å². The highest BCUT2D eigenvalue weighted by Gasteiger charge is 2.43. The van der Waals surface area contributed by atoms with E-state index in [0.717, 1.165) is 0 Å². The van der Waals surface area contributed by atoms with Crippen molar-refractivity contribution in [1.29, 1.82) is 0 Å². The molecule has 0 aliphatic carbocycles. The highest BCUT2D eigenvalue weighted by atomic mass is 16.3. The van der Waals surface area contributed by atoms with Gasteiger partial charge in [-0.05, 0) is 27.7 Å². The molecule has 1 rings (SSSR count). The fourth-order valence-electron chi connectivity index (χ4n) is 1.53. The Kier molecular flexibility index (Phi) is 1.46. The largest absolute Gasteiger partial charge is 0.398 e.